The third-order valence-corrected chi connectivity index (χ3v) is 5.35. The molecule has 0 aliphatic heterocycles. The minimum Gasteiger partial charge on any atom is -0.457 e. The van der Waals surface area contributed by atoms with Crippen LogP contribution in [0.15, 0.2) is 77.8 Å². The number of nitrogens with zero attached hydrogens (tertiary/aromatic N) is 1. The molecule has 0 aliphatic carbocycles. The summed E-state index contributed by atoms with van der Waals surface area (Å²) < 4.78 is 38.3. The number of pyridine rings is 1. The molecule has 0 spiro atoms. The van der Waals surface area contributed by atoms with Gasteiger partial charge in [0.1, 0.15) is 17.2 Å². The molecular weight excluding hydrogens is 406 g/mol. The molecule has 1 amide bonds. The van der Waals surface area contributed by atoms with Crippen molar-refractivity contribution in [1.29, 1.82) is 0 Å². The number of hydrogen-bond acceptors (Lipinski definition) is 6. The van der Waals surface area contributed by atoms with Crippen LogP contribution in [0.5, 0.6) is 11.5 Å². The fraction of sp³-hybridized carbons (Fsp3) is 0.143. The maximum atomic E-state index is 12.7. The van der Waals surface area contributed by atoms with Gasteiger partial charge >= 0.3 is 0 Å². The van der Waals surface area contributed by atoms with Gasteiger partial charge in [-0.05, 0) is 48.5 Å². The standard InChI is InChI=1S/C21H21N3O5S/c1-28-14-13-23-21(25)20-15-16(11-12-22-20)24-30(26,27)19-9-7-18(8-10-19)29-17-5-3-2-4-6-17/h2-12,15H,13-14H2,1H3,(H,22,24)(H,23,25). The third-order valence-electron chi connectivity index (χ3n) is 3.95. The van der Waals surface area contributed by atoms with Gasteiger partial charge in [0.2, 0.25) is 0 Å². The number of para-hydroxylation sites is 1. The van der Waals surface area contributed by atoms with Gasteiger partial charge in [0.15, 0.2) is 0 Å². The Kier molecular flexibility index (Phi) is 6.99. The van der Waals surface area contributed by atoms with E-state index in [0.717, 1.165) is 0 Å². The summed E-state index contributed by atoms with van der Waals surface area (Å²) in [7, 11) is -2.32. The van der Waals surface area contributed by atoms with Crippen molar-refractivity contribution in [1.82, 2.24) is 10.3 Å². The second-order valence-corrected chi connectivity index (χ2v) is 7.85. The molecule has 0 radical (unpaired) electrons. The van der Waals surface area contributed by atoms with E-state index in [0.29, 0.717) is 24.7 Å². The van der Waals surface area contributed by atoms with E-state index in [1.807, 2.05) is 18.2 Å². The summed E-state index contributed by atoms with van der Waals surface area (Å²) in [4.78, 5) is 16.1. The second kappa shape index (κ2) is 9.86. The maximum absolute atomic E-state index is 12.7. The number of rotatable bonds is 9. The van der Waals surface area contributed by atoms with Crippen molar-refractivity contribution in [2.75, 3.05) is 25.0 Å². The Morgan fingerprint density at radius 2 is 1.70 bits per heavy atom. The Morgan fingerprint density at radius 3 is 2.40 bits per heavy atom. The van der Waals surface area contributed by atoms with Crippen molar-refractivity contribution in [3.63, 3.8) is 0 Å². The Labute approximate surface area is 174 Å². The van der Waals surface area contributed by atoms with E-state index in [-0.39, 0.29) is 16.3 Å². The van der Waals surface area contributed by atoms with Gasteiger partial charge in [-0.25, -0.2) is 8.42 Å². The molecule has 30 heavy (non-hydrogen) atoms. The molecule has 0 saturated carbocycles. The third kappa shape index (κ3) is 5.79. The number of aromatic nitrogens is 1. The van der Waals surface area contributed by atoms with Gasteiger partial charge in [-0.15, -0.1) is 0 Å². The SMILES string of the molecule is COCCNC(=O)c1cc(NS(=O)(=O)c2ccc(Oc3ccccc3)cc2)ccn1. The van der Waals surface area contributed by atoms with Gasteiger partial charge in [-0.2, -0.15) is 0 Å². The minimum atomic E-state index is -3.85. The highest BCUT2D eigenvalue weighted by Gasteiger charge is 2.16. The number of anilines is 1. The summed E-state index contributed by atoms with van der Waals surface area (Å²) in [6, 6.07) is 18.0. The summed E-state index contributed by atoms with van der Waals surface area (Å²) >= 11 is 0. The molecular formula is C21H21N3O5S. The highest BCUT2D eigenvalue weighted by atomic mass is 32.2. The van der Waals surface area contributed by atoms with E-state index in [9.17, 15) is 13.2 Å². The number of carbonyl (C=O) groups excluding carboxylic acids is 1. The summed E-state index contributed by atoms with van der Waals surface area (Å²) in [5.74, 6) is 0.744. The molecule has 9 heteroatoms. The zero-order chi connectivity index (χ0) is 21.4. The van der Waals surface area contributed by atoms with Gasteiger partial charge in [-0.1, -0.05) is 18.2 Å². The lowest BCUT2D eigenvalue weighted by atomic mass is 10.3. The van der Waals surface area contributed by atoms with E-state index in [1.54, 1.807) is 24.3 Å². The summed E-state index contributed by atoms with van der Waals surface area (Å²) in [6.45, 7) is 0.687. The van der Waals surface area contributed by atoms with Gasteiger partial charge in [0.25, 0.3) is 15.9 Å². The molecule has 3 aromatic rings. The van der Waals surface area contributed by atoms with Crippen LogP contribution in [-0.2, 0) is 14.8 Å². The lowest BCUT2D eigenvalue weighted by Gasteiger charge is -2.10. The molecule has 0 unspecified atom stereocenters. The van der Waals surface area contributed by atoms with Crippen LogP contribution in [0.2, 0.25) is 0 Å². The van der Waals surface area contributed by atoms with E-state index in [1.165, 1.54) is 37.6 Å². The van der Waals surface area contributed by atoms with Crippen LogP contribution in [0.1, 0.15) is 10.5 Å². The van der Waals surface area contributed by atoms with Crippen LogP contribution in [0, 0.1) is 0 Å². The molecule has 8 nitrogen and oxygen atoms in total. The van der Waals surface area contributed by atoms with Crippen LogP contribution in [0.4, 0.5) is 5.69 Å². The maximum Gasteiger partial charge on any atom is 0.270 e. The monoisotopic (exact) mass is 427 g/mol. The first kappa shape index (κ1) is 21.3. The molecule has 1 aromatic heterocycles. The van der Waals surface area contributed by atoms with Crippen LogP contribution in [0.3, 0.4) is 0 Å². The van der Waals surface area contributed by atoms with Crippen molar-refractivity contribution in [3.8, 4) is 11.5 Å². The number of ether oxygens (including phenoxy) is 2. The van der Waals surface area contributed by atoms with Gasteiger partial charge < -0.3 is 14.8 Å². The number of methoxy groups -OCH3 is 1. The lowest BCUT2D eigenvalue weighted by molar-refractivity contribution is 0.0932. The number of hydrogen-bond donors (Lipinski definition) is 2. The Balaban J connectivity index is 1.69. The first-order valence-corrected chi connectivity index (χ1v) is 10.6. The summed E-state index contributed by atoms with van der Waals surface area (Å²) in [6.07, 6.45) is 1.36. The summed E-state index contributed by atoms with van der Waals surface area (Å²) in [5, 5.41) is 2.63. The van der Waals surface area contributed by atoms with E-state index >= 15 is 0 Å². The molecule has 1 heterocycles. The molecule has 0 atom stereocenters. The fourth-order valence-electron chi connectivity index (χ4n) is 2.50. The van der Waals surface area contributed by atoms with Crippen molar-refractivity contribution >= 4 is 21.6 Å². The van der Waals surface area contributed by atoms with Crippen LogP contribution >= 0.6 is 0 Å². The topological polar surface area (TPSA) is 107 Å². The highest BCUT2D eigenvalue weighted by molar-refractivity contribution is 7.92. The average molecular weight is 427 g/mol. The molecule has 0 saturated heterocycles. The first-order chi connectivity index (χ1) is 14.5. The average Bonchev–Trinajstić information content (AvgIpc) is 2.75. The zero-order valence-electron chi connectivity index (χ0n) is 16.2. The number of amides is 1. The van der Waals surface area contributed by atoms with E-state index in [2.05, 4.69) is 15.0 Å². The number of carbonyl (C=O) groups is 1. The van der Waals surface area contributed by atoms with E-state index < -0.39 is 15.9 Å². The van der Waals surface area contributed by atoms with Gasteiger partial charge in [-0.3, -0.25) is 14.5 Å². The van der Waals surface area contributed by atoms with Crippen molar-refractivity contribution in [3.05, 3.63) is 78.6 Å². The Bertz CT molecular complexity index is 1090. The second-order valence-electron chi connectivity index (χ2n) is 6.17. The smallest absolute Gasteiger partial charge is 0.270 e. The predicted molar refractivity (Wildman–Crippen MR) is 112 cm³/mol. The number of sulfonamides is 1. The molecule has 0 aliphatic rings. The van der Waals surface area contributed by atoms with Crippen molar-refractivity contribution < 1.29 is 22.7 Å². The van der Waals surface area contributed by atoms with E-state index in [4.69, 9.17) is 9.47 Å². The first-order valence-electron chi connectivity index (χ1n) is 9.07. The normalized spacial score (nSPS) is 11.0. The minimum absolute atomic E-state index is 0.0609. The van der Waals surface area contributed by atoms with Gasteiger partial charge in [0, 0.05) is 19.9 Å². The fourth-order valence-corrected chi connectivity index (χ4v) is 3.55. The largest absolute Gasteiger partial charge is 0.457 e. The lowest BCUT2D eigenvalue weighted by Crippen LogP contribution is -2.27. The number of nitrogens with one attached hydrogen (secondary N) is 2. The molecule has 2 aromatic carbocycles. The zero-order valence-corrected chi connectivity index (χ0v) is 17.1. The van der Waals surface area contributed by atoms with Crippen LogP contribution in [-0.4, -0.2) is 39.6 Å². The predicted octanol–water partition coefficient (Wildman–Crippen LogP) is 3.05. The molecule has 0 bridgehead atoms. The molecule has 0 fully saturated rings. The number of benzene rings is 2. The van der Waals surface area contributed by atoms with Crippen molar-refractivity contribution in [2.45, 2.75) is 4.90 Å². The molecule has 156 valence electrons. The van der Waals surface area contributed by atoms with Crippen molar-refractivity contribution in [2.24, 2.45) is 0 Å². The molecule has 2 N–H and O–H groups in total. The Hall–Kier alpha value is -3.43. The quantitative estimate of drug-likeness (QED) is 0.509. The Morgan fingerprint density at radius 1 is 1.00 bits per heavy atom. The summed E-state index contributed by atoms with van der Waals surface area (Å²) in [5.41, 5.74) is 0.324. The molecule has 3 rings (SSSR count). The van der Waals surface area contributed by atoms with Crippen LogP contribution < -0.4 is 14.8 Å². The van der Waals surface area contributed by atoms with Gasteiger partial charge in [0.05, 0.1) is 17.2 Å². The van der Waals surface area contributed by atoms with Crippen LogP contribution in [0.25, 0.3) is 0 Å². The highest BCUT2D eigenvalue weighted by Crippen LogP contribution is 2.23.